The minimum absolute atomic E-state index is 0. The largest absolute Gasteiger partial charge is 0.427 e. The van der Waals surface area contributed by atoms with E-state index < -0.39 is 8.60 Å². The van der Waals surface area contributed by atoms with Gasteiger partial charge >= 0.3 is 8.60 Å². The Kier molecular flexibility index (Phi) is 5.44. The van der Waals surface area contributed by atoms with Crippen LogP contribution in [0.4, 0.5) is 0 Å². The van der Waals surface area contributed by atoms with Crippen molar-refractivity contribution in [3.8, 4) is 5.75 Å². The van der Waals surface area contributed by atoms with Gasteiger partial charge in [-0.3, -0.25) is 0 Å². The quantitative estimate of drug-likeness (QED) is 0.599. The number of hydrogen-bond acceptors (Lipinski definition) is 3. The van der Waals surface area contributed by atoms with E-state index >= 15 is 0 Å². The van der Waals surface area contributed by atoms with Gasteiger partial charge in [-0.1, -0.05) is 18.2 Å². The molecule has 0 amide bonds. The first-order valence-corrected chi connectivity index (χ1v) is 4.28. The topological polar surface area (TPSA) is 49.7 Å². The summed E-state index contributed by atoms with van der Waals surface area (Å²) in [7, 11) is -2.29. The standard InChI is InChI=1S/C7H9O3P.Ni/c1-6-4-2-3-5-7(6)10-11(8)9;/h2-5,8-9H,1H3;. The minimum Gasteiger partial charge on any atom is -0.427 e. The zero-order valence-corrected chi connectivity index (χ0v) is 8.26. The van der Waals surface area contributed by atoms with Crippen LogP contribution in [0.5, 0.6) is 5.75 Å². The molecule has 0 atom stereocenters. The molecule has 0 aliphatic carbocycles. The van der Waals surface area contributed by atoms with E-state index in [1.54, 1.807) is 12.1 Å². The Morgan fingerprint density at radius 2 is 1.83 bits per heavy atom. The molecular formula is C7H9NiO3P. The van der Waals surface area contributed by atoms with Crippen molar-refractivity contribution >= 4 is 8.60 Å². The van der Waals surface area contributed by atoms with Crippen molar-refractivity contribution < 1.29 is 30.8 Å². The van der Waals surface area contributed by atoms with Crippen LogP contribution in [-0.2, 0) is 16.5 Å². The molecule has 0 aliphatic heterocycles. The van der Waals surface area contributed by atoms with Crippen molar-refractivity contribution in [2.75, 3.05) is 0 Å². The van der Waals surface area contributed by atoms with Crippen LogP contribution in [0.15, 0.2) is 24.3 Å². The first-order valence-electron chi connectivity index (χ1n) is 3.11. The predicted molar refractivity (Wildman–Crippen MR) is 43.2 cm³/mol. The van der Waals surface area contributed by atoms with Crippen molar-refractivity contribution in [1.29, 1.82) is 0 Å². The van der Waals surface area contributed by atoms with E-state index in [2.05, 4.69) is 0 Å². The van der Waals surface area contributed by atoms with Crippen LogP contribution >= 0.6 is 8.60 Å². The summed E-state index contributed by atoms with van der Waals surface area (Å²) < 4.78 is 4.72. The summed E-state index contributed by atoms with van der Waals surface area (Å²) in [4.78, 5) is 17.1. The zero-order chi connectivity index (χ0) is 8.27. The Morgan fingerprint density at radius 3 is 2.33 bits per heavy atom. The maximum absolute atomic E-state index is 8.53. The third-order valence-electron chi connectivity index (χ3n) is 1.27. The minimum atomic E-state index is -2.29. The van der Waals surface area contributed by atoms with Crippen LogP contribution in [0.3, 0.4) is 0 Å². The SMILES string of the molecule is Cc1ccccc1OP(O)O.[Ni]. The fourth-order valence-electron chi connectivity index (χ4n) is 0.747. The Labute approximate surface area is 82.3 Å². The molecule has 0 aliphatic rings. The summed E-state index contributed by atoms with van der Waals surface area (Å²) in [5.74, 6) is 0.517. The summed E-state index contributed by atoms with van der Waals surface area (Å²) >= 11 is 0. The summed E-state index contributed by atoms with van der Waals surface area (Å²) in [6.07, 6.45) is 0. The van der Waals surface area contributed by atoms with E-state index in [1.165, 1.54) is 0 Å². The van der Waals surface area contributed by atoms with Crippen LogP contribution in [0.2, 0.25) is 0 Å². The molecule has 1 aromatic carbocycles. The summed E-state index contributed by atoms with van der Waals surface area (Å²) in [5.41, 5.74) is 0.892. The molecule has 0 spiro atoms. The summed E-state index contributed by atoms with van der Waals surface area (Å²) in [6.45, 7) is 1.84. The van der Waals surface area contributed by atoms with Gasteiger partial charge in [-0.2, -0.15) is 0 Å². The van der Waals surface area contributed by atoms with Gasteiger partial charge in [0, 0.05) is 16.5 Å². The molecular weight excluding hydrogens is 222 g/mol. The Balaban J connectivity index is 0.00000121. The first kappa shape index (κ1) is 11.9. The Morgan fingerprint density at radius 1 is 1.25 bits per heavy atom. The molecule has 0 saturated carbocycles. The average molecular weight is 231 g/mol. The molecule has 0 bridgehead atoms. The number of aryl methyl sites for hydroxylation is 1. The number of benzene rings is 1. The molecule has 0 fully saturated rings. The third kappa shape index (κ3) is 3.51. The molecule has 0 radical (unpaired) electrons. The van der Waals surface area contributed by atoms with Crippen LogP contribution in [0, 0.1) is 6.92 Å². The Hall–Kier alpha value is -0.136. The predicted octanol–water partition coefficient (Wildman–Crippen LogP) is 1.58. The maximum atomic E-state index is 8.53. The molecule has 12 heavy (non-hydrogen) atoms. The van der Waals surface area contributed by atoms with E-state index in [0.717, 1.165) is 5.56 Å². The molecule has 0 saturated heterocycles. The molecule has 3 nitrogen and oxygen atoms in total. The van der Waals surface area contributed by atoms with Gasteiger partial charge in [0.15, 0.2) is 0 Å². The van der Waals surface area contributed by atoms with Crippen molar-refractivity contribution in [3.63, 3.8) is 0 Å². The maximum Gasteiger partial charge on any atom is 0.391 e. The Bertz CT molecular complexity index is 242. The zero-order valence-electron chi connectivity index (χ0n) is 6.38. The van der Waals surface area contributed by atoms with Gasteiger partial charge in [-0.25, -0.2) is 0 Å². The fraction of sp³-hybridized carbons (Fsp3) is 0.143. The van der Waals surface area contributed by atoms with Gasteiger partial charge < -0.3 is 14.3 Å². The normalized spacial score (nSPS) is 9.33. The number of para-hydroxylation sites is 1. The molecule has 70 valence electrons. The second-order valence-corrected chi connectivity index (χ2v) is 2.80. The molecule has 5 heteroatoms. The van der Waals surface area contributed by atoms with Crippen molar-refractivity contribution in [2.24, 2.45) is 0 Å². The van der Waals surface area contributed by atoms with Gasteiger partial charge in [0.25, 0.3) is 0 Å². The summed E-state index contributed by atoms with van der Waals surface area (Å²) in [5, 5.41) is 0. The monoisotopic (exact) mass is 230 g/mol. The van der Waals surface area contributed by atoms with Crippen LogP contribution in [-0.4, -0.2) is 9.79 Å². The van der Waals surface area contributed by atoms with E-state index in [9.17, 15) is 0 Å². The molecule has 1 aromatic rings. The smallest absolute Gasteiger partial charge is 0.391 e. The van der Waals surface area contributed by atoms with Gasteiger partial charge in [-0.05, 0) is 18.6 Å². The molecule has 0 heterocycles. The van der Waals surface area contributed by atoms with Gasteiger partial charge in [0.2, 0.25) is 0 Å². The van der Waals surface area contributed by atoms with E-state index in [1.807, 2.05) is 19.1 Å². The number of rotatable bonds is 2. The van der Waals surface area contributed by atoms with E-state index in [4.69, 9.17) is 14.3 Å². The molecule has 0 aromatic heterocycles. The van der Waals surface area contributed by atoms with E-state index in [-0.39, 0.29) is 16.5 Å². The molecule has 2 N–H and O–H groups in total. The average Bonchev–Trinajstić information content (AvgIpc) is 1.93. The van der Waals surface area contributed by atoms with Crippen LogP contribution in [0.1, 0.15) is 5.56 Å². The fourth-order valence-corrected chi connectivity index (χ4v) is 1.13. The van der Waals surface area contributed by atoms with E-state index in [0.29, 0.717) is 5.75 Å². The third-order valence-corrected chi connectivity index (χ3v) is 1.63. The van der Waals surface area contributed by atoms with Gasteiger partial charge in [-0.15, -0.1) is 0 Å². The second-order valence-electron chi connectivity index (χ2n) is 2.11. The van der Waals surface area contributed by atoms with Crippen LogP contribution in [0.25, 0.3) is 0 Å². The first-order chi connectivity index (χ1) is 5.20. The van der Waals surface area contributed by atoms with Crippen LogP contribution < -0.4 is 4.52 Å². The van der Waals surface area contributed by atoms with Gasteiger partial charge in [0.1, 0.15) is 5.75 Å². The molecule has 1 rings (SSSR count). The van der Waals surface area contributed by atoms with Gasteiger partial charge in [0.05, 0.1) is 0 Å². The van der Waals surface area contributed by atoms with Crippen molar-refractivity contribution in [1.82, 2.24) is 0 Å². The molecule has 0 unspecified atom stereocenters. The second kappa shape index (κ2) is 5.50. The number of hydrogen-bond donors (Lipinski definition) is 2. The van der Waals surface area contributed by atoms with Crippen molar-refractivity contribution in [3.05, 3.63) is 29.8 Å². The summed E-state index contributed by atoms with van der Waals surface area (Å²) in [6, 6.07) is 7.17. The van der Waals surface area contributed by atoms with Crippen molar-refractivity contribution in [2.45, 2.75) is 6.92 Å².